The van der Waals surface area contributed by atoms with Gasteiger partial charge in [-0.05, 0) is 37.6 Å². The molecule has 2 aromatic heterocycles. The van der Waals surface area contributed by atoms with E-state index in [1.165, 1.54) is 0 Å². The quantitative estimate of drug-likeness (QED) is 0.674. The van der Waals surface area contributed by atoms with Crippen LogP contribution < -0.4 is 10.2 Å². The lowest BCUT2D eigenvalue weighted by molar-refractivity contribution is -0.119. The first-order valence-electron chi connectivity index (χ1n) is 9.34. The number of anilines is 2. The number of aryl methyl sites for hydroxylation is 1. The average Bonchev–Trinajstić information content (AvgIpc) is 3.34. The second-order valence-electron chi connectivity index (χ2n) is 6.81. The van der Waals surface area contributed by atoms with Crippen molar-refractivity contribution in [2.45, 2.75) is 19.8 Å². The Bertz CT molecular complexity index is 1110. The molecule has 0 bridgehead atoms. The van der Waals surface area contributed by atoms with Crippen LogP contribution in [0.25, 0.3) is 5.65 Å². The topological polar surface area (TPSA) is 93.0 Å². The normalized spacial score (nSPS) is 13.7. The van der Waals surface area contributed by atoms with Gasteiger partial charge in [-0.3, -0.25) is 9.59 Å². The molecule has 8 heteroatoms. The van der Waals surface area contributed by atoms with Crippen LogP contribution in [0.15, 0.2) is 48.7 Å². The number of para-hydroxylation sites is 2. The van der Waals surface area contributed by atoms with Crippen molar-refractivity contribution in [1.82, 2.24) is 9.38 Å². The molecule has 2 amide bonds. The molecule has 0 spiro atoms. The van der Waals surface area contributed by atoms with E-state index >= 15 is 0 Å². The van der Waals surface area contributed by atoms with Crippen molar-refractivity contribution < 1.29 is 19.1 Å². The van der Waals surface area contributed by atoms with Crippen molar-refractivity contribution in [3.8, 4) is 0 Å². The SMILES string of the molecule is Cc1cccc2nc(C(=O)OCC(=O)Nc3ccccc3N3CCCC3=O)cn12. The number of hydrogen-bond donors (Lipinski definition) is 1. The van der Waals surface area contributed by atoms with Crippen LogP contribution in [-0.4, -0.2) is 40.3 Å². The Morgan fingerprint density at radius 1 is 1.17 bits per heavy atom. The Morgan fingerprint density at radius 2 is 2.00 bits per heavy atom. The van der Waals surface area contributed by atoms with Gasteiger partial charge in [0.05, 0.1) is 11.4 Å². The van der Waals surface area contributed by atoms with E-state index < -0.39 is 18.5 Å². The predicted octanol–water partition coefficient (Wildman–Crippen LogP) is 2.57. The number of imidazole rings is 1. The summed E-state index contributed by atoms with van der Waals surface area (Å²) < 4.78 is 6.89. The Kier molecular flexibility index (Phi) is 4.99. The smallest absolute Gasteiger partial charge is 0.359 e. The van der Waals surface area contributed by atoms with E-state index in [1.54, 1.807) is 39.8 Å². The second-order valence-corrected chi connectivity index (χ2v) is 6.81. The first kappa shape index (κ1) is 18.7. The highest BCUT2D eigenvalue weighted by atomic mass is 16.5. The summed E-state index contributed by atoms with van der Waals surface area (Å²) in [4.78, 5) is 42.5. The van der Waals surface area contributed by atoms with Crippen molar-refractivity contribution in [3.63, 3.8) is 0 Å². The van der Waals surface area contributed by atoms with Crippen LogP contribution in [0.1, 0.15) is 29.0 Å². The van der Waals surface area contributed by atoms with Gasteiger partial charge >= 0.3 is 5.97 Å². The van der Waals surface area contributed by atoms with Crippen molar-refractivity contribution >= 4 is 34.8 Å². The van der Waals surface area contributed by atoms with Gasteiger partial charge in [0.15, 0.2) is 12.3 Å². The zero-order valence-electron chi connectivity index (χ0n) is 15.9. The van der Waals surface area contributed by atoms with Crippen molar-refractivity contribution in [3.05, 3.63) is 60.0 Å². The van der Waals surface area contributed by atoms with Gasteiger partial charge in [0.25, 0.3) is 5.91 Å². The first-order valence-corrected chi connectivity index (χ1v) is 9.34. The molecular weight excluding hydrogens is 372 g/mol. The van der Waals surface area contributed by atoms with E-state index in [2.05, 4.69) is 10.3 Å². The lowest BCUT2D eigenvalue weighted by atomic mass is 10.2. The number of rotatable bonds is 5. The summed E-state index contributed by atoms with van der Waals surface area (Å²) >= 11 is 0. The van der Waals surface area contributed by atoms with Crippen LogP contribution in [0, 0.1) is 6.92 Å². The maximum atomic E-state index is 12.3. The first-order chi connectivity index (χ1) is 14.0. The minimum atomic E-state index is -0.675. The molecule has 3 heterocycles. The van der Waals surface area contributed by atoms with Crippen LogP contribution in [0.5, 0.6) is 0 Å². The number of hydrogen-bond acceptors (Lipinski definition) is 5. The zero-order chi connectivity index (χ0) is 20.4. The molecule has 0 saturated carbocycles. The highest BCUT2D eigenvalue weighted by Gasteiger charge is 2.24. The summed E-state index contributed by atoms with van der Waals surface area (Å²) in [6, 6.07) is 12.6. The second kappa shape index (κ2) is 7.75. The Labute approximate surface area is 167 Å². The molecule has 1 aliphatic heterocycles. The predicted molar refractivity (Wildman–Crippen MR) is 107 cm³/mol. The number of fused-ring (bicyclic) bond motifs is 1. The maximum Gasteiger partial charge on any atom is 0.359 e. The van der Waals surface area contributed by atoms with E-state index in [0.717, 1.165) is 12.1 Å². The Morgan fingerprint density at radius 3 is 2.76 bits per heavy atom. The molecule has 0 radical (unpaired) electrons. The number of nitrogens with one attached hydrogen (secondary N) is 1. The molecule has 1 aliphatic rings. The third-order valence-corrected chi connectivity index (χ3v) is 4.78. The van der Waals surface area contributed by atoms with E-state index in [9.17, 15) is 14.4 Å². The standard InChI is InChI=1S/C21H20N4O4/c1-14-6-4-9-18-22-16(12-25(14)18)21(28)29-13-19(26)23-15-7-2-3-8-17(15)24-11-5-10-20(24)27/h2-4,6-9,12H,5,10-11,13H2,1H3,(H,23,26). The summed E-state index contributed by atoms with van der Waals surface area (Å²) in [6.45, 7) is 2.07. The molecule has 0 unspecified atom stereocenters. The molecule has 0 atom stereocenters. The molecule has 4 rings (SSSR count). The van der Waals surface area contributed by atoms with Gasteiger partial charge in [-0.1, -0.05) is 18.2 Å². The minimum Gasteiger partial charge on any atom is -0.451 e. The van der Waals surface area contributed by atoms with Crippen LogP contribution in [0.3, 0.4) is 0 Å². The molecule has 1 saturated heterocycles. The number of pyridine rings is 1. The van der Waals surface area contributed by atoms with Gasteiger partial charge in [0, 0.05) is 24.9 Å². The van der Waals surface area contributed by atoms with Crippen molar-refractivity contribution in [2.24, 2.45) is 0 Å². The molecule has 1 aromatic carbocycles. The molecule has 1 N–H and O–H groups in total. The number of aromatic nitrogens is 2. The van der Waals surface area contributed by atoms with Crippen LogP contribution in [0.2, 0.25) is 0 Å². The number of carbonyl (C=O) groups excluding carboxylic acids is 3. The molecule has 148 valence electrons. The monoisotopic (exact) mass is 392 g/mol. The van der Waals surface area contributed by atoms with Gasteiger partial charge < -0.3 is 19.4 Å². The zero-order valence-corrected chi connectivity index (χ0v) is 15.9. The maximum absolute atomic E-state index is 12.3. The largest absolute Gasteiger partial charge is 0.451 e. The highest BCUT2D eigenvalue weighted by molar-refractivity contribution is 6.02. The molecule has 1 fully saturated rings. The number of ether oxygens (including phenoxy) is 1. The summed E-state index contributed by atoms with van der Waals surface area (Å²) in [5.74, 6) is -1.14. The van der Waals surface area contributed by atoms with Gasteiger partial charge in [-0.25, -0.2) is 9.78 Å². The molecular formula is C21H20N4O4. The fourth-order valence-electron chi connectivity index (χ4n) is 3.36. The van der Waals surface area contributed by atoms with Crippen LogP contribution in [-0.2, 0) is 14.3 Å². The summed E-state index contributed by atoms with van der Waals surface area (Å²) in [5, 5.41) is 2.71. The van der Waals surface area contributed by atoms with Gasteiger partial charge in [0.2, 0.25) is 5.91 Å². The molecule has 0 aliphatic carbocycles. The van der Waals surface area contributed by atoms with E-state index in [0.29, 0.717) is 30.0 Å². The van der Waals surface area contributed by atoms with E-state index in [4.69, 9.17) is 4.74 Å². The van der Waals surface area contributed by atoms with Crippen molar-refractivity contribution in [1.29, 1.82) is 0 Å². The summed E-state index contributed by atoms with van der Waals surface area (Å²) in [5.41, 5.74) is 2.85. The summed E-state index contributed by atoms with van der Waals surface area (Å²) in [6.07, 6.45) is 2.87. The number of esters is 1. The highest BCUT2D eigenvalue weighted by Crippen LogP contribution is 2.29. The molecule has 8 nitrogen and oxygen atoms in total. The number of nitrogens with zero attached hydrogens (tertiary/aromatic N) is 3. The number of carbonyl (C=O) groups is 3. The minimum absolute atomic E-state index is 0.0280. The third-order valence-electron chi connectivity index (χ3n) is 4.78. The lowest BCUT2D eigenvalue weighted by Crippen LogP contribution is -2.27. The van der Waals surface area contributed by atoms with Crippen LogP contribution >= 0.6 is 0 Å². The molecule has 3 aromatic rings. The lowest BCUT2D eigenvalue weighted by Gasteiger charge is -2.19. The van der Waals surface area contributed by atoms with Gasteiger partial charge in [-0.2, -0.15) is 0 Å². The Balaban J connectivity index is 1.41. The third kappa shape index (κ3) is 3.82. The molecule has 29 heavy (non-hydrogen) atoms. The van der Waals surface area contributed by atoms with Gasteiger partial charge in [-0.15, -0.1) is 0 Å². The van der Waals surface area contributed by atoms with Crippen LogP contribution in [0.4, 0.5) is 11.4 Å². The van der Waals surface area contributed by atoms with E-state index in [1.807, 2.05) is 25.1 Å². The van der Waals surface area contributed by atoms with Gasteiger partial charge in [0.1, 0.15) is 5.65 Å². The fourth-order valence-corrected chi connectivity index (χ4v) is 3.36. The number of amides is 2. The number of benzene rings is 1. The fraction of sp³-hybridized carbons (Fsp3) is 0.238. The van der Waals surface area contributed by atoms with Crippen molar-refractivity contribution in [2.75, 3.05) is 23.4 Å². The van der Waals surface area contributed by atoms with E-state index in [-0.39, 0.29) is 11.6 Å². The average molecular weight is 392 g/mol. The summed E-state index contributed by atoms with van der Waals surface area (Å²) in [7, 11) is 0. The Hall–Kier alpha value is -3.68.